The molecule has 0 aromatic heterocycles. The largest absolute Gasteiger partial charge is 0.374 e. The molecule has 0 unspecified atom stereocenters. The van der Waals surface area contributed by atoms with Gasteiger partial charge in [0, 0.05) is 25.4 Å². The third-order valence-corrected chi connectivity index (χ3v) is 3.36. The van der Waals surface area contributed by atoms with Crippen molar-refractivity contribution >= 4 is 18.2 Å². The molecule has 0 aromatic rings. The normalized spacial score (nSPS) is 19.6. The topological polar surface area (TPSA) is 29.5 Å². The third kappa shape index (κ3) is 3.03. The third-order valence-electron chi connectivity index (χ3n) is 2.05. The molecular formula is C8H15NO2S. The van der Waals surface area contributed by atoms with Crippen LogP contribution >= 0.6 is 11.8 Å². The molecule has 0 spiro atoms. The summed E-state index contributed by atoms with van der Waals surface area (Å²) in [6.07, 6.45) is 3.15. The molecule has 0 bridgehead atoms. The molecule has 70 valence electrons. The van der Waals surface area contributed by atoms with Crippen molar-refractivity contribution in [2.75, 3.05) is 26.1 Å². The fourth-order valence-corrected chi connectivity index (χ4v) is 2.18. The van der Waals surface area contributed by atoms with Gasteiger partial charge in [-0.1, -0.05) is 0 Å². The summed E-state index contributed by atoms with van der Waals surface area (Å²) < 4.78 is 4.98. The van der Waals surface area contributed by atoms with Crippen molar-refractivity contribution in [2.24, 2.45) is 0 Å². The fourth-order valence-electron chi connectivity index (χ4n) is 1.31. The van der Waals surface area contributed by atoms with Crippen LogP contribution in [0.4, 0.5) is 0 Å². The average molecular weight is 189 g/mol. The summed E-state index contributed by atoms with van der Waals surface area (Å²) >= 11 is 1.85. The van der Waals surface area contributed by atoms with E-state index in [1.807, 2.05) is 16.7 Å². The number of hydrogen-bond acceptors (Lipinski definition) is 3. The van der Waals surface area contributed by atoms with E-state index in [-0.39, 0.29) is 0 Å². The summed E-state index contributed by atoms with van der Waals surface area (Å²) in [5, 5.41) is 0.682. The maximum absolute atomic E-state index is 10.4. The number of hydrogen-bond donors (Lipinski definition) is 0. The Morgan fingerprint density at radius 1 is 1.58 bits per heavy atom. The average Bonchev–Trinajstić information content (AvgIpc) is 2.15. The van der Waals surface area contributed by atoms with E-state index in [2.05, 4.69) is 0 Å². The first-order valence-electron chi connectivity index (χ1n) is 4.16. The molecule has 0 aliphatic carbocycles. The highest BCUT2D eigenvalue weighted by atomic mass is 32.2. The van der Waals surface area contributed by atoms with Gasteiger partial charge < -0.3 is 9.64 Å². The number of piperidine rings is 1. The molecule has 1 aliphatic heterocycles. The summed E-state index contributed by atoms with van der Waals surface area (Å²) in [5.74, 6) is 0.770. The van der Waals surface area contributed by atoms with Gasteiger partial charge in [0.15, 0.2) is 0 Å². The molecule has 4 heteroatoms. The van der Waals surface area contributed by atoms with E-state index in [1.54, 1.807) is 7.11 Å². The second-order valence-corrected chi connectivity index (χ2v) is 4.15. The monoisotopic (exact) mass is 189 g/mol. The Labute approximate surface area is 77.4 Å². The van der Waals surface area contributed by atoms with E-state index >= 15 is 0 Å². The van der Waals surface area contributed by atoms with Gasteiger partial charge in [0.05, 0.1) is 5.94 Å². The minimum atomic E-state index is 0.682. The zero-order valence-electron chi connectivity index (χ0n) is 7.36. The Morgan fingerprint density at radius 3 is 2.75 bits per heavy atom. The molecule has 0 N–H and O–H groups in total. The Bertz CT molecular complexity index is 135. The van der Waals surface area contributed by atoms with Gasteiger partial charge >= 0.3 is 0 Å². The van der Waals surface area contributed by atoms with Crippen molar-refractivity contribution < 1.29 is 9.53 Å². The summed E-state index contributed by atoms with van der Waals surface area (Å²) in [4.78, 5) is 12.2. The zero-order valence-corrected chi connectivity index (χ0v) is 8.18. The summed E-state index contributed by atoms with van der Waals surface area (Å²) in [6.45, 7) is 1.82. The zero-order chi connectivity index (χ0) is 8.81. The van der Waals surface area contributed by atoms with Crippen molar-refractivity contribution in [1.29, 1.82) is 0 Å². The Balaban J connectivity index is 2.12. The van der Waals surface area contributed by atoms with Crippen molar-refractivity contribution in [1.82, 2.24) is 4.90 Å². The van der Waals surface area contributed by atoms with Crippen LogP contribution in [0.5, 0.6) is 0 Å². The van der Waals surface area contributed by atoms with Gasteiger partial charge in [0.25, 0.3) is 0 Å². The SMILES string of the molecule is COCSC1CCN(C=O)CC1. The first-order chi connectivity index (χ1) is 5.86. The van der Waals surface area contributed by atoms with E-state index < -0.39 is 0 Å². The van der Waals surface area contributed by atoms with E-state index in [0.717, 1.165) is 38.3 Å². The van der Waals surface area contributed by atoms with E-state index in [0.29, 0.717) is 5.25 Å². The maximum Gasteiger partial charge on any atom is 0.209 e. The molecule has 0 radical (unpaired) electrons. The van der Waals surface area contributed by atoms with Gasteiger partial charge in [-0.2, -0.15) is 0 Å². The van der Waals surface area contributed by atoms with Crippen LogP contribution in [0.2, 0.25) is 0 Å². The van der Waals surface area contributed by atoms with Crippen LogP contribution in [-0.2, 0) is 9.53 Å². The lowest BCUT2D eigenvalue weighted by molar-refractivity contribution is -0.118. The first kappa shape index (κ1) is 9.86. The lowest BCUT2D eigenvalue weighted by Crippen LogP contribution is -2.33. The highest BCUT2D eigenvalue weighted by Crippen LogP contribution is 2.22. The van der Waals surface area contributed by atoms with Crippen molar-refractivity contribution in [3.8, 4) is 0 Å². The number of likely N-dealkylation sites (tertiary alicyclic amines) is 1. The van der Waals surface area contributed by atoms with Crippen LogP contribution in [0.1, 0.15) is 12.8 Å². The second kappa shape index (κ2) is 5.43. The Kier molecular flexibility index (Phi) is 4.46. The highest BCUT2D eigenvalue weighted by molar-refractivity contribution is 7.99. The van der Waals surface area contributed by atoms with Crippen molar-refractivity contribution in [3.63, 3.8) is 0 Å². The van der Waals surface area contributed by atoms with Crippen LogP contribution < -0.4 is 0 Å². The van der Waals surface area contributed by atoms with Crippen LogP contribution in [0.15, 0.2) is 0 Å². The van der Waals surface area contributed by atoms with Gasteiger partial charge in [0.1, 0.15) is 0 Å². The molecule has 1 aliphatic rings. The lowest BCUT2D eigenvalue weighted by Gasteiger charge is -2.28. The molecule has 0 saturated carbocycles. The Morgan fingerprint density at radius 2 is 2.25 bits per heavy atom. The number of carbonyl (C=O) groups excluding carboxylic acids is 1. The maximum atomic E-state index is 10.4. The van der Waals surface area contributed by atoms with Crippen molar-refractivity contribution in [3.05, 3.63) is 0 Å². The van der Waals surface area contributed by atoms with Crippen molar-refractivity contribution in [2.45, 2.75) is 18.1 Å². The number of methoxy groups -OCH3 is 1. The van der Waals surface area contributed by atoms with Gasteiger partial charge in [-0.3, -0.25) is 4.79 Å². The summed E-state index contributed by atoms with van der Waals surface area (Å²) in [6, 6.07) is 0. The molecule has 0 atom stereocenters. The highest BCUT2D eigenvalue weighted by Gasteiger charge is 2.17. The van der Waals surface area contributed by atoms with Gasteiger partial charge in [-0.15, -0.1) is 11.8 Å². The Hall–Kier alpha value is -0.220. The fraction of sp³-hybridized carbons (Fsp3) is 0.875. The van der Waals surface area contributed by atoms with Crippen LogP contribution in [0.25, 0.3) is 0 Å². The van der Waals surface area contributed by atoms with E-state index in [9.17, 15) is 4.79 Å². The van der Waals surface area contributed by atoms with E-state index in [4.69, 9.17) is 4.74 Å². The van der Waals surface area contributed by atoms with Crippen LogP contribution in [0.3, 0.4) is 0 Å². The molecule has 12 heavy (non-hydrogen) atoms. The van der Waals surface area contributed by atoms with Crippen LogP contribution in [0, 0.1) is 0 Å². The van der Waals surface area contributed by atoms with E-state index in [1.165, 1.54) is 0 Å². The molecule has 0 aromatic carbocycles. The summed E-state index contributed by atoms with van der Waals surface area (Å²) in [7, 11) is 1.72. The smallest absolute Gasteiger partial charge is 0.209 e. The predicted molar refractivity (Wildman–Crippen MR) is 50.1 cm³/mol. The molecule has 1 rings (SSSR count). The number of ether oxygens (including phenoxy) is 1. The quantitative estimate of drug-likeness (QED) is 0.487. The molecule has 1 saturated heterocycles. The summed E-state index contributed by atoms with van der Waals surface area (Å²) in [5.41, 5.74) is 0. The van der Waals surface area contributed by atoms with Gasteiger partial charge in [-0.05, 0) is 12.8 Å². The number of nitrogens with zero attached hydrogens (tertiary/aromatic N) is 1. The number of thioether (sulfide) groups is 1. The van der Waals surface area contributed by atoms with Gasteiger partial charge in [0.2, 0.25) is 6.41 Å². The molecule has 3 nitrogen and oxygen atoms in total. The molecule has 1 fully saturated rings. The van der Waals surface area contributed by atoms with Crippen LogP contribution in [-0.4, -0.2) is 42.7 Å². The molecule has 1 heterocycles. The standard InChI is InChI=1S/C8H15NO2S/c1-11-7-12-8-2-4-9(6-10)5-3-8/h6,8H,2-5,7H2,1H3. The predicted octanol–water partition coefficient (Wildman–Crippen LogP) is 0.944. The minimum absolute atomic E-state index is 0.682. The second-order valence-electron chi connectivity index (χ2n) is 2.91. The molecular weight excluding hydrogens is 174 g/mol. The minimum Gasteiger partial charge on any atom is -0.374 e. The lowest BCUT2D eigenvalue weighted by atomic mass is 10.1. The first-order valence-corrected chi connectivity index (χ1v) is 5.21. The number of carbonyl (C=O) groups is 1. The van der Waals surface area contributed by atoms with Gasteiger partial charge in [-0.25, -0.2) is 0 Å². The molecule has 1 amide bonds. The number of amides is 1. The number of rotatable bonds is 4.